The lowest BCUT2D eigenvalue weighted by molar-refractivity contribution is -0.123. The van der Waals surface area contributed by atoms with Crippen molar-refractivity contribution in [2.45, 2.75) is 6.54 Å². The summed E-state index contributed by atoms with van der Waals surface area (Å²) in [6, 6.07) is 12.2. The van der Waals surface area contributed by atoms with Crippen molar-refractivity contribution in [3.8, 4) is 23.0 Å². The third kappa shape index (κ3) is 3.95. The fourth-order valence-electron chi connectivity index (χ4n) is 1.99. The summed E-state index contributed by atoms with van der Waals surface area (Å²) in [7, 11) is 1.59. The lowest BCUT2D eigenvalue weighted by Crippen LogP contribution is -2.28. The molecule has 0 fully saturated rings. The van der Waals surface area contributed by atoms with E-state index in [-0.39, 0.29) is 19.1 Å². The zero-order valence-electron chi connectivity index (χ0n) is 13.0. The number of rotatable bonds is 7. The summed E-state index contributed by atoms with van der Waals surface area (Å²) in [5, 5.41) is 6.59. The Balaban J connectivity index is 1.45. The van der Waals surface area contributed by atoms with Crippen LogP contribution in [0.15, 0.2) is 57.7 Å². The Morgan fingerprint density at radius 1 is 1.17 bits per heavy atom. The number of carbonyl (C=O) groups is 1. The van der Waals surface area contributed by atoms with Gasteiger partial charge in [0.15, 0.2) is 12.4 Å². The minimum absolute atomic E-state index is 0.0881. The van der Waals surface area contributed by atoms with Crippen LogP contribution in [0.5, 0.6) is 11.5 Å². The van der Waals surface area contributed by atoms with E-state index in [0.29, 0.717) is 23.0 Å². The minimum Gasteiger partial charge on any atom is -0.497 e. The van der Waals surface area contributed by atoms with Crippen LogP contribution >= 0.6 is 0 Å². The standard InChI is InChI=1S/C17H16N2O5/c1-21-13-4-6-14(7-5-13)23-11-17(20)18-10-12-9-16(24-19-12)15-3-2-8-22-15/h2-9H,10-11H2,1H3,(H,18,20). The molecule has 0 saturated heterocycles. The largest absolute Gasteiger partial charge is 0.497 e. The van der Waals surface area contributed by atoms with Crippen molar-refractivity contribution in [2.24, 2.45) is 0 Å². The Morgan fingerprint density at radius 3 is 2.67 bits per heavy atom. The molecule has 2 aromatic heterocycles. The number of aromatic nitrogens is 1. The van der Waals surface area contributed by atoms with Gasteiger partial charge in [-0.2, -0.15) is 0 Å². The molecule has 0 aliphatic carbocycles. The maximum absolute atomic E-state index is 11.8. The monoisotopic (exact) mass is 328 g/mol. The minimum atomic E-state index is -0.256. The molecule has 24 heavy (non-hydrogen) atoms. The van der Waals surface area contributed by atoms with Crippen LogP contribution in [0.1, 0.15) is 5.69 Å². The van der Waals surface area contributed by atoms with E-state index in [0.717, 1.165) is 5.75 Å². The van der Waals surface area contributed by atoms with Crippen molar-refractivity contribution in [3.05, 3.63) is 54.4 Å². The fraction of sp³-hybridized carbons (Fsp3) is 0.176. The summed E-state index contributed by atoms with van der Waals surface area (Å²) in [6.45, 7) is 0.157. The highest BCUT2D eigenvalue weighted by Crippen LogP contribution is 2.20. The number of benzene rings is 1. The second-order valence-electron chi connectivity index (χ2n) is 4.90. The summed E-state index contributed by atoms with van der Waals surface area (Å²) < 4.78 is 20.8. The molecule has 0 radical (unpaired) electrons. The van der Waals surface area contributed by atoms with Crippen LogP contribution in [0.4, 0.5) is 0 Å². The number of hydrogen-bond donors (Lipinski definition) is 1. The van der Waals surface area contributed by atoms with Crippen molar-refractivity contribution in [1.82, 2.24) is 10.5 Å². The smallest absolute Gasteiger partial charge is 0.258 e. The number of nitrogens with zero attached hydrogens (tertiary/aromatic N) is 1. The van der Waals surface area contributed by atoms with Crippen molar-refractivity contribution >= 4 is 5.91 Å². The SMILES string of the molecule is COc1ccc(OCC(=O)NCc2cc(-c3ccco3)on2)cc1. The van der Waals surface area contributed by atoms with Crippen molar-refractivity contribution in [2.75, 3.05) is 13.7 Å². The van der Waals surface area contributed by atoms with Crippen molar-refractivity contribution in [1.29, 1.82) is 0 Å². The number of hydrogen-bond acceptors (Lipinski definition) is 6. The van der Waals surface area contributed by atoms with Crippen molar-refractivity contribution in [3.63, 3.8) is 0 Å². The van der Waals surface area contributed by atoms with E-state index in [4.69, 9.17) is 18.4 Å². The highest BCUT2D eigenvalue weighted by molar-refractivity contribution is 5.77. The summed E-state index contributed by atoms with van der Waals surface area (Å²) in [5.74, 6) is 2.16. The van der Waals surface area contributed by atoms with Crippen LogP contribution in [-0.4, -0.2) is 24.8 Å². The Labute approximate surface area is 138 Å². The Morgan fingerprint density at radius 2 is 1.96 bits per heavy atom. The van der Waals surface area contributed by atoms with Gasteiger partial charge in [-0.05, 0) is 36.4 Å². The van der Waals surface area contributed by atoms with Crippen LogP contribution in [0.25, 0.3) is 11.5 Å². The van der Waals surface area contributed by atoms with E-state index in [1.54, 1.807) is 55.8 Å². The number of furan rings is 1. The van der Waals surface area contributed by atoms with Gasteiger partial charge >= 0.3 is 0 Å². The molecule has 3 rings (SSSR count). The van der Waals surface area contributed by atoms with Gasteiger partial charge in [0.1, 0.15) is 17.2 Å². The van der Waals surface area contributed by atoms with E-state index in [9.17, 15) is 4.79 Å². The molecule has 2 heterocycles. The number of methoxy groups -OCH3 is 1. The van der Waals surface area contributed by atoms with Crippen LogP contribution in [0, 0.1) is 0 Å². The van der Waals surface area contributed by atoms with Gasteiger partial charge in [0.05, 0.1) is 19.9 Å². The highest BCUT2D eigenvalue weighted by atomic mass is 16.5. The first-order valence-corrected chi connectivity index (χ1v) is 7.27. The Bertz CT molecular complexity index is 778. The molecule has 0 saturated carbocycles. The van der Waals surface area contributed by atoms with Gasteiger partial charge in [0, 0.05) is 6.07 Å². The average Bonchev–Trinajstić information content (AvgIpc) is 3.29. The lowest BCUT2D eigenvalue weighted by Gasteiger charge is -2.07. The normalized spacial score (nSPS) is 10.4. The molecular weight excluding hydrogens is 312 g/mol. The molecule has 1 amide bonds. The van der Waals surface area contributed by atoms with Gasteiger partial charge in [-0.3, -0.25) is 4.79 Å². The first-order valence-electron chi connectivity index (χ1n) is 7.27. The lowest BCUT2D eigenvalue weighted by atomic mass is 10.3. The summed E-state index contributed by atoms with van der Waals surface area (Å²) in [4.78, 5) is 11.8. The topological polar surface area (TPSA) is 86.7 Å². The predicted octanol–water partition coefficient (Wildman–Crippen LogP) is 2.64. The zero-order chi connectivity index (χ0) is 16.8. The van der Waals surface area contributed by atoms with E-state index >= 15 is 0 Å². The number of amides is 1. The predicted molar refractivity (Wildman–Crippen MR) is 84.5 cm³/mol. The Hall–Kier alpha value is -3.22. The fourth-order valence-corrected chi connectivity index (χ4v) is 1.99. The zero-order valence-corrected chi connectivity index (χ0v) is 13.0. The maximum atomic E-state index is 11.8. The highest BCUT2D eigenvalue weighted by Gasteiger charge is 2.10. The van der Waals surface area contributed by atoms with E-state index in [1.165, 1.54) is 0 Å². The molecule has 0 bridgehead atoms. The number of ether oxygens (including phenoxy) is 2. The van der Waals surface area contributed by atoms with Crippen LogP contribution in [0.3, 0.4) is 0 Å². The quantitative estimate of drug-likeness (QED) is 0.717. The molecule has 7 heteroatoms. The molecule has 0 atom stereocenters. The second kappa shape index (κ2) is 7.36. The van der Waals surface area contributed by atoms with Crippen molar-refractivity contribution < 1.29 is 23.2 Å². The van der Waals surface area contributed by atoms with Gasteiger partial charge < -0.3 is 23.7 Å². The average molecular weight is 328 g/mol. The van der Waals surface area contributed by atoms with Gasteiger partial charge in [-0.1, -0.05) is 5.16 Å². The van der Waals surface area contributed by atoms with Crippen LogP contribution < -0.4 is 14.8 Å². The molecule has 0 unspecified atom stereocenters. The van der Waals surface area contributed by atoms with Crippen LogP contribution in [-0.2, 0) is 11.3 Å². The van der Waals surface area contributed by atoms with E-state index < -0.39 is 0 Å². The van der Waals surface area contributed by atoms with Gasteiger partial charge in [0.25, 0.3) is 5.91 Å². The van der Waals surface area contributed by atoms with Crippen LogP contribution in [0.2, 0.25) is 0 Å². The number of carbonyl (C=O) groups excluding carboxylic acids is 1. The third-order valence-corrected chi connectivity index (χ3v) is 3.22. The summed E-state index contributed by atoms with van der Waals surface area (Å²) in [6.07, 6.45) is 1.55. The molecule has 0 aliphatic heterocycles. The second-order valence-corrected chi connectivity index (χ2v) is 4.90. The van der Waals surface area contributed by atoms with E-state index in [2.05, 4.69) is 10.5 Å². The van der Waals surface area contributed by atoms with Gasteiger partial charge in [-0.25, -0.2) is 0 Å². The van der Waals surface area contributed by atoms with Gasteiger partial charge in [0.2, 0.25) is 5.76 Å². The number of nitrogens with one attached hydrogen (secondary N) is 1. The summed E-state index contributed by atoms with van der Waals surface area (Å²) in [5.41, 5.74) is 0.596. The van der Waals surface area contributed by atoms with E-state index in [1.807, 2.05) is 0 Å². The molecule has 3 aromatic rings. The Kier molecular flexibility index (Phi) is 4.81. The molecule has 124 valence electrons. The molecule has 7 nitrogen and oxygen atoms in total. The molecule has 1 N–H and O–H groups in total. The van der Waals surface area contributed by atoms with Gasteiger partial charge in [-0.15, -0.1) is 0 Å². The summed E-state index contributed by atoms with van der Waals surface area (Å²) >= 11 is 0. The molecule has 1 aromatic carbocycles. The first kappa shape index (κ1) is 15.7. The molecular formula is C17H16N2O5. The molecule has 0 spiro atoms. The maximum Gasteiger partial charge on any atom is 0.258 e. The third-order valence-electron chi connectivity index (χ3n) is 3.22. The first-order chi connectivity index (χ1) is 11.7. The molecule has 0 aliphatic rings.